The Balaban J connectivity index is 0.000000171. The van der Waals surface area contributed by atoms with Crippen LogP contribution in [0.15, 0.2) is 83.8 Å². The van der Waals surface area contributed by atoms with E-state index in [1.54, 1.807) is 16.4 Å². The lowest BCUT2D eigenvalue weighted by Crippen LogP contribution is -2.14. The molecule has 3 unspecified atom stereocenters. The van der Waals surface area contributed by atoms with Gasteiger partial charge < -0.3 is 0 Å². The normalized spacial score (nSPS) is 22.9. The van der Waals surface area contributed by atoms with Crippen LogP contribution in [0.4, 0.5) is 0 Å². The van der Waals surface area contributed by atoms with Crippen molar-refractivity contribution in [2.24, 2.45) is 0 Å². The monoisotopic (exact) mass is 429 g/mol. The molecule has 1 fully saturated rings. The average Bonchev–Trinajstić information content (AvgIpc) is 3.56. The van der Waals surface area contributed by atoms with Gasteiger partial charge in [0.25, 0.3) is 0 Å². The van der Waals surface area contributed by atoms with Crippen molar-refractivity contribution in [3.05, 3.63) is 107 Å². The smallest absolute Gasteiger partial charge is 0.207 e. The van der Waals surface area contributed by atoms with Crippen LogP contribution in [0.3, 0.4) is 0 Å². The zero-order chi connectivity index (χ0) is 21.4. The van der Waals surface area contributed by atoms with Crippen molar-refractivity contribution < 1.29 is 8.42 Å². The minimum absolute atomic E-state index is 0.0428. The van der Waals surface area contributed by atoms with E-state index in [1.807, 2.05) is 31.2 Å². The molecule has 3 nitrogen and oxygen atoms in total. The summed E-state index contributed by atoms with van der Waals surface area (Å²) in [6.07, 6.45) is 8.76. The first-order chi connectivity index (χ1) is 15.1. The summed E-state index contributed by atoms with van der Waals surface area (Å²) >= 11 is 0. The third-order valence-electron chi connectivity index (χ3n) is 6.49. The highest BCUT2D eigenvalue weighted by atomic mass is 32.2. The van der Waals surface area contributed by atoms with E-state index >= 15 is 0 Å². The highest BCUT2D eigenvalue weighted by Gasteiger charge is 2.57. The van der Waals surface area contributed by atoms with Crippen molar-refractivity contribution in [1.82, 2.24) is 4.31 Å². The van der Waals surface area contributed by atoms with E-state index in [2.05, 4.69) is 48.6 Å². The second kappa shape index (κ2) is 8.10. The zero-order valence-corrected chi connectivity index (χ0v) is 18.6. The number of benzene rings is 3. The van der Waals surface area contributed by atoms with Gasteiger partial charge in [-0.1, -0.05) is 78.4 Å². The molecule has 0 aromatic heterocycles. The first kappa shape index (κ1) is 20.2. The second-order valence-electron chi connectivity index (χ2n) is 8.54. The van der Waals surface area contributed by atoms with Crippen molar-refractivity contribution in [3.8, 4) is 0 Å². The number of aryl methyl sites for hydroxylation is 3. The molecule has 6 rings (SSSR count). The number of hydrogen-bond donors (Lipinski definition) is 0. The van der Waals surface area contributed by atoms with Crippen molar-refractivity contribution in [3.63, 3.8) is 0 Å². The summed E-state index contributed by atoms with van der Waals surface area (Å²) in [5, 5.41) is 0. The summed E-state index contributed by atoms with van der Waals surface area (Å²) < 4.78 is 27.3. The predicted octanol–water partition coefficient (Wildman–Crippen LogP) is 5.70. The first-order valence-electron chi connectivity index (χ1n) is 11.0. The number of fused-ring (bicyclic) bond motifs is 4. The van der Waals surface area contributed by atoms with Gasteiger partial charge in [-0.25, -0.2) is 8.42 Å². The van der Waals surface area contributed by atoms with Gasteiger partial charge in [0.05, 0.1) is 10.9 Å². The molecule has 0 amide bonds. The largest absolute Gasteiger partial charge is 0.244 e. The number of allylic oxidation sites excluding steroid dienone is 1. The average molecular weight is 430 g/mol. The number of sulfonamides is 1. The topological polar surface area (TPSA) is 37.1 Å². The number of hydrogen-bond acceptors (Lipinski definition) is 2. The van der Waals surface area contributed by atoms with Crippen molar-refractivity contribution in [2.75, 3.05) is 0 Å². The SMILES string of the molecule is C1=Cc2ccccc2CC1.Cc1ccc(S(=O)(=O)N2C3CCc4ccccc4C32)cc1. The van der Waals surface area contributed by atoms with Crippen molar-refractivity contribution in [1.29, 1.82) is 0 Å². The minimum Gasteiger partial charge on any atom is -0.207 e. The Morgan fingerprint density at radius 3 is 2.32 bits per heavy atom. The summed E-state index contributed by atoms with van der Waals surface area (Å²) in [7, 11) is -3.37. The van der Waals surface area contributed by atoms with Crippen LogP contribution in [0.2, 0.25) is 0 Å². The van der Waals surface area contributed by atoms with Crippen LogP contribution in [0.25, 0.3) is 6.08 Å². The Morgan fingerprint density at radius 2 is 1.55 bits per heavy atom. The third-order valence-corrected chi connectivity index (χ3v) is 8.41. The fourth-order valence-corrected chi connectivity index (χ4v) is 6.57. The van der Waals surface area contributed by atoms with Gasteiger partial charge in [0.1, 0.15) is 0 Å². The Labute approximate surface area is 185 Å². The lowest BCUT2D eigenvalue weighted by Gasteiger charge is -2.11. The van der Waals surface area contributed by atoms with Crippen LogP contribution < -0.4 is 0 Å². The van der Waals surface area contributed by atoms with Gasteiger partial charge in [0, 0.05) is 6.04 Å². The van der Waals surface area contributed by atoms with Crippen LogP contribution in [0.1, 0.15) is 46.7 Å². The minimum atomic E-state index is -3.37. The summed E-state index contributed by atoms with van der Waals surface area (Å²) in [6.45, 7) is 1.96. The fraction of sp³-hybridized carbons (Fsp3) is 0.259. The molecule has 3 aromatic carbocycles. The third kappa shape index (κ3) is 3.86. The van der Waals surface area contributed by atoms with Crippen LogP contribution in [-0.4, -0.2) is 18.8 Å². The molecule has 0 spiro atoms. The molecule has 1 aliphatic heterocycles. The highest BCUT2D eigenvalue weighted by Crippen LogP contribution is 2.53. The summed E-state index contributed by atoms with van der Waals surface area (Å²) in [5.41, 5.74) is 6.44. The lowest BCUT2D eigenvalue weighted by molar-refractivity contribution is 0.544. The molecule has 3 aromatic rings. The van der Waals surface area contributed by atoms with Crippen LogP contribution in [-0.2, 0) is 22.9 Å². The Bertz CT molecular complexity index is 1230. The number of nitrogens with zero attached hydrogens (tertiary/aromatic N) is 1. The summed E-state index contributed by atoms with van der Waals surface area (Å²) in [4.78, 5) is 0.403. The van der Waals surface area contributed by atoms with Crippen LogP contribution in [0, 0.1) is 6.92 Å². The van der Waals surface area contributed by atoms with E-state index in [-0.39, 0.29) is 12.1 Å². The van der Waals surface area contributed by atoms with E-state index in [1.165, 1.54) is 35.1 Å². The van der Waals surface area contributed by atoms with Gasteiger partial charge in [0.15, 0.2) is 0 Å². The molecule has 3 atom stereocenters. The Morgan fingerprint density at radius 1 is 0.839 bits per heavy atom. The van der Waals surface area contributed by atoms with Gasteiger partial charge in [0.2, 0.25) is 10.0 Å². The molecule has 158 valence electrons. The van der Waals surface area contributed by atoms with E-state index in [0.29, 0.717) is 4.90 Å². The van der Waals surface area contributed by atoms with Crippen molar-refractivity contribution >= 4 is 16.1 Å². The molecule has 31 heavy (non-hydrogen) atoms. The van der Waals surface area contributed by atoms with Gasteiger partial charge in [-0.2, -0.15) is 4.31 Å². The van der Waals surface area contributed by atoms with Crippen LogP contribution in [0.5, 0.6) is 0 Å². The molecule has 1 heterocycles. The van der Waals surface area contributed by atoms with Crippen molar-refractivity contribution in [2.45, 2.75) is 49.6 Å². The van der Waals surface area contributed by atoms with Gasteiger partial charge in [-0.05, 0) is 67.0 Å². The van der Waals surface area contributed by atoms with Gasteiger partial charge in [-0.15, -0.1) is 0 Å². The fourth-order valence-electron chi connectivity index (χ4n) is 4.77. The van der Waals surface area contributed by atoms with Gasteiger partial charge in [-0.3, -0.25) is 0 Å². The summed E-state index contributed by atoms with van der Waals surface area (Å²) in [5.74, 6) is 0. The molecule has 1 saturated heterocycles. The van der Waals surface area contributed by atoms with E-state index in [0.717, 1.165) is 18.4 Å². The van der Waals surface area contributed by atoms with Gasteiger partial charge >= 0.3 is 0 Å². The maximum atomic E-state index is 12.8. The first-order valence-corrected chi connectivity index (χ1v) is 12.4. The molecule has 0 radical (unpaired) electrons. The molecular formula is C27H27NO2S. The summed E-state index contributed by atoms with van der Waals surface area (Å²) in [6, 6.07) is 24.1. The quantitative estimate of drug-likeness (QED) is 0.490. The lowest BCUT2D eigenvalue weighted by atomic mass is 9.92. The highest BCUT2D eigenvalue weighted by molar-refractivity contribution is 7.89. The number of rotatable bonds is 2. The molecule has 4 heteroatoms. The van der Waals surface area contributed by atoms with E-state index in [9.17, 15) is 8.42 Å². The zero-order valence-electron chi connectivity index (χ0n) is 17.7. The molecule has 0 bridgehead atoms. The maximum Gasteiger partial charge on any atom is 0.244 e. The standard InChI is InChI=1S/C17H17NO2S.C10H10/c1-12-6-9-14(10-7-12)21(19,20)18-16-11-8-13-4-2-3-5-15(13)17(16)18;1-2-6-10-8-4-3-7-9(10)5-1/h2-7,9-10,16-17H,8,11H2,1H3;1-3,5-7H,4,8H2. The second-order valence-corrected chi connectivity index (χ2v) is 10.4. The Hall–Kier alpha value is -2.69. The molecule has 0 saturated carbocycles. The van der Waals surface area contributed by atoms with E-state index in [4.69, 9.17) is 0 Å². The van der Waals surface area contributed by atoms with Crippen LogP contribution >= 0.6 is 0 Å². The maximum absolute atomic E-state index is 12.8. The predicted molar refractivity (Wildman–Crippen MR) is 125 cm³/mol. The molecular weight excluding hydrogens is 402 g/mol. The molecule has 3 aliphatic rings. The molecule has 2 aliphatic carbocycles. The van der Waals surface area contributed by atoms with E-state index < -0.39 is 10.0 Å². The Kier molecular flexibility index (Phi) is 5.28. The molecule has 0 N–H and O–H groups in total.